The van der Waals surface area contributed by atoms with Crippen molar-refractivity contribution in [3.05, 3.63) is 82.4 Å². The van der Waals surface area contributed by atoms with Crippen LogP contribution in [0.1, 0.15) is 72.6 Å². The van der Waals surface area contributed by atoms with Crippen molar-refractivity contribution in [3.8, 4) is 22.6 Å². The summed E-state index contributed by atoms with van der Waals surface area (Å²) in [6.07, 6.45) is 3.82. The van der Waals surface area contributed by atoms with Gasteiger partial charge in [0.05, 0.1) is 11.1 Å². The number of phenolic OH excluding ortho intramolecular Hbond substituents is 1. The normalized spacial score (nSPS) is 13.6. The number of carbonyl (C=O) groups excluding carboxylic acids is 1. The molecule has 0 bridgehead atoms. The van der Waals surface area contributed by atoms with E-state index in [4.69, 9.17) is 4.74 Å². The van der Waals surface area contributed by atoms with Crippen LogP contribution < -0.4 is 10.1 Å². The Hall–Kier alpha value is -3.27. The Morgan fingerprint density at radius 3 is 2.55 bits per heavy atom. The van der Waals surface area contributed by atoms with Crippen molar-refractivity contribution >= 4 is 5.91 Å². The van der Waals surface area contributed by atoms with Crippen LogP contribution in [0.2, 0.25) is 0 Å². The van der Waals surface area contributed by atoms with Crippen molar-refractivity contribution in [3.63, 3.8) is 0 Å². The zero-order valence-electron chi connectivity index (χ0n) is 20.0. The predicted octanol–water partition coefficient (Wildman–Crippen LogP) is 6.66. The lowest BCUT2D eigenvalue weighted by Crippen LogP contribution is -2.30. The number of unbranched alkanes of at least 4 members (excludes halogenated alkanes) is 2. The van der Waals surface area contributed by atoms with Crippen molar-refractivity contribution in [2.75, 3.05) is 0 Å². The van der Waals surface area contributed by atoms with Crippen LogP contribution in [0.3, 0.4) is 0 Å². The monoisotopic (exact) mass is 443 g/mol. The van der Waals surface area contributed by atoms with Crippen molar-refractivity contribution in [2.45, 2.75) is 65.5 Å². The zero-order valence-corrected chi connectivity index (χ0v) is 20.0. The molecule has 1 aliphatic heterocycles. The Morgan fingerprint density at radius 1 is 1.06 bits per heavy atom. The average Bonchev–Trinajstić information content (AvgIpc) is 2.77. The molecule has 3 aromatic rings. The molecular weight excluding hydrogens is 410 g/mol. The molecule has 1 amide bonds. The molecule has 0 saturated carbocycles. The van der Waals surface area contributed by atoms with Crippen LogP contribution in [0.15, 0.2) is 54.6 Å². The van der Waals surface area contributed by atoms with Crippen LogP contribution >= 0.6 is 0 Å². The van der Waals surface area contributed by atoms with E-state index in [-0.39, 0.29) is 11.7 Å². The number of aromatic hydroxyl groups is 1. The summed E-state index contributed by atoms with van der Waals surface area (Å²) in [5, 5.41) is 14.5. The lowest BCUT2D eigenvalue weighted by atomic mass is 9.83. The first-order valence-electron chi connectivity index (χ1n) is 11.8. The fourth-order valence-electron chi connectivity index (χ4n) is 4.64. The second-order valence-electron chi connectivity index (χ2n) is 9.42. The molecule has 2 N–H and O–H groups in total. The summed E-state index contributed by atoms with van der Waals surface area (Å²) >= 11 is 0. The number of amides is 1. The van der Waals surface area contributed by atoms with E-state index in [9.17, 15) is 9.90 Å². The first-order chi connectivity index (χ1) is 15.8. The maximum Gasteiger partial charge on any atom is 0.255 e. The zero-order chi connectivity index (χ0) is 23.6. The van der Waals surface area contributed by atoms with Crippen molar-refractivity contribution in [1.82, 2.24) is 5.32 Å². The Morgan fingerprint density at radius 2 is 1.82 bits per heavy atom. The van der Waals surface area contributed by atoms with Gasteiger partial charge in [-0.2, -0.15) is 0 Å². The largest absolute Gasteiger partial charge is 0.506 e. The molecule has 0 unspecified atom stereocenters. The van der Waals surface area contributed by atoms with E-state index in [2.05, 4.69) is 30.4 Å². The van der Waals surface area contributed by atoms with Gasteiger partial charge in [-0.15, -0.1) is 0 Å². The molecule has 3 aromatic carbocycles. The van der Waals surface area contributed by atoms with Crippen LogP contribution in [-0.2, 0) is 18.6 Å². The Balaban J connectivity index is 1.80. The third-order valence-electron chi connectivity index (χ3n) is 6.38. The van der Waals surface area contributed by atoms with Gasteiger partial charge in [-0.3, -0.25) is 4.79 Å². The van der Waals surface area contributed by atoms with Gasteiger partial charge in [0.2, 0.25) is 0 Å². The molecule has 1 aliphatic rings. The number of nitrogens with one attached hydrogen (secondary N) is 1. The van der Waals surface area contributed by atoms with Crippen molar-refractivity contribution in [2.24, 2.45) is 0 Å². The molecule has 0 spiro atoms. The van der Waals surface area contributed by atoms with Crippen LogP contribution in [0.4, 0.5) is 0 Å². The Bertz CT molecular complexity index is 1170. The number of rotatable bonds is 7. The fraction of sp³-hybridized carbons (Fsp3) is 0.345. The molecule has 4 rings (SSSR count). The minimum Gasteiger partial charge on any atom is -0.506 e. The number of carbonyl (C=O) groups is 1. The number of hydrogen-bond acceptors (Lipinski definition) is 3. The topological polar surface area (TPSA) is 58.6 Å². The molecule has 0 fully saturated rings. The van der Waals surface area contributed by atoms with Crippen molar-refractivity contribution < 1.29 is 14.6 Å². The number of fused-ring (bicyclic) bond motifs is 3. The maximum absolute atomic E-state index is 13.4. The highest BCUT2D eigenvalue weighted by molar-refractivity contribution is 6.02. The first kappa shape index (κ1) is 22.9. The van der Waals surface area contributed by atoms with E-state index in [0.29, 0.717) is 29.8 Å². The molecule has 0 atom stereocenters. The molecule has 33 heavy (non-hydrogen) atoms. The number of ether oxygens (including phenoxy) is 1. The van der Waals surface area contributed by atoms with E-state index in [1.807, 2.05) is 57.2 Å². The summed E-state index contributed by atoms with van der Waals surface area (Å²) in [7, 11) is 0. The lowest BCUT2D eigenvalue weighted by molar-refractivity contribution is 0.0945. The van der Waals surface area contributed by atoms with E-state index < -0.39 is 5.60 Å². The first-order valence-corrected chi connectivity index (χ1v) is 11.8. The SMILES string of the molecule is CCCCCc1cc2c(c(O)c1C(=O)NCc1ccccc1)-c1cc(C)ccc1C(C)(C)O2. The van der Waals surface area contributed by atoms with Gasteiger partial charge in [0.25, 0.3) is 5.91 Å². The Labute approximate surface area is 196 Å². The highest BCUT2D eigenvalue weighted by Gasteiger charge is 2.36. The van der Waals surface area contributed by atoms with Crippen LogP contribution in [-0.4, -0.2) is 11.0 Å². The van der Waals surface area contributed by atoms with E-state index in [1.165, 1.54) is 0 Å². The second-order valence-corrected chi connectivity index (χ2v) is 9.42. The standard InChI is InChI=1S/C29H33NO3/c1-5-6-8-13-21-17-24-26(22-16-19(2)14-15-23(22)29(3,4)33-24)27(31)25(21)28(32)30-18-20-11-9-7-10-12-20/h7,9-12,14-17,31H,5-6,8,13,18H2,1-4H3,(H,30,32). The number of aryl methyl sites for hydroxylation is 2. The molecule has 172 valence electrons. The van der Waals surface area contributed by atoms with Gasteiger partial charge in [-0.1, -0.05) is 73.9 Å². The van der Waals surface area contributed by atoms with E-state index in [1.54, 1.807) is 0 Å². The summed E-state index contributed by atoms with van der Waals surface area (Å²) in [6.45, 7) is 8.68. The van der Waals surface area contributed by atoms with Gasteiger partial charge in [0, 0.05) is 12.1 Å². The molecule has 0 aliphatic carbocycles. The van der Waals surface area contributed by atoms with Crippen LogP contribution in [0.5, 0.6) is 11.5 Å². The number of phenols is 1. The summed E-state index contributed by atoms with van der Waals surface area (Å²) < 4.78 is 6.39. The molecule has 0 aromatic heterocycles. The van der Waals surface area contributed by atoms with Gasteiger partial charge in [0.1, 0.15) is 17.1 Å². The third-order valence-corrected chi connectivity index (χ3v) is 6.38. The summed E-state index contributed by atoms with van der Waals surface area (Å²) in [4.78, 5) is 13.4. The van der Waals surface area contributed by atoms with Crippen LogP contribution in [0, 0.1) is 6.92 Å². The summed E-state index contributed by atoms with van der Waals surface area (Å²) in [5.41, 5.74) is 5.31. The molecule has 1 heterocycles. The fourth-order valence-corrected chi connectivity index (χ4v) is 4.64. The minimum atomic E-state index is -0.528. The van der Waals surface area contributed by atoms with Gasteiger partial charge in [-0.05, 0) is 56.4 Å². The molecular formula is C29H33NO3. The molecule has 0 radical (unpaired) electrons. The van der Waals surface area contributed by atoms with Gasteiger partial charge < -0.3 is 15.2 Å². The number of hydrogen-bond donors (Lipinski definition) is 2. The van der Waals surface area contributed by atoms with Gasteiger partial charge in [-0.25, -0.2) is 0 Å². The lowest BCUT2D eigenvalue weighted by Gasteiger charge is -2.36. The van der Waals surface area contributed by atoms with Gasteiger partial charge >= 0.3 is 0 Å². The van der Waals surface area contributed by atoms with E-state index in [0.717, 1.165) is 47.1 Å². The minimum absolute atomic E-state index is 0.00640. The summed E-state index contributed by atoms with van der Waals surface area (Å²) in [6, 6.07) is 18.0. The third kappa shape index (κ3) is 4.61. The quantitative estimate of drug-likeness (QED) is 0.402. The van der Waals surface area contributed by atoms with Gasteiger partial charge in [0.15, 0.2) is 0 Å². The van der Waals surface area contributed by atoms with Crippen molar-refractivity contribution in [1.29, 1.82) is 0 Å². The number of benzene rings is 3. The molecule has 4 nitrogen and oxygen atoms in total. The summed E-state index contributed by atoms with van der Waals surface area (Å²) in [5.74, 6) is 0.387. The predicted molar refractivity (Wildman–Crippen MR) is 133 cm³/mol. The molecule has 4 heteroatoms. The maximum atomic E-state index is 13.4. The highest BCUT2D eigenvalue weighted by atomic mass is 16.5. The average molecular weight is 444 g/mol. The van der Waals surface area contributed by atoms with E-state index >= 15 is 0 Å². The Kier molecular flexibility index (Phi) is 6.46. The second kappa shape index (κ2) is 9.30. The highest BCUT2D eigenvalue weighted by Crippen LogP contribution is 2.51. The molecule has 0 saturated heterocycles. The van der Waals surface area contributed by atoms with Crippen LogP contribution in [0.25, 0.3) is 11.1 Å². The smallest absolute Gasteiger partial charge is 0.255 e.